The third-order valence-corrected chi connectivity index (χ3v) is 3.74. The van der Waals surface area contributed by atoms with Gasteiger partial charge in [-0.15, -0.1) is 11.3 Å². The van der Waals surface area contributed by atoms with Crippen molar-refractivity contribution in [3.8, 4) is 0 Å². The zero-order valence-corrected chi connectivity index (χ0v) is 12.3. The lowest BCUT2D eigenvalue weighted by molar-refractivity contribution is -0.141. The van der Waals surface area contributed by atoms with Crippen LogP contribution in [0.4, 0.5) is 5.69 Å². The second kappa shape index (κ2) is 5.98. The molecule has 0 aliphatic rings. The number of esters is 1. The quantitative estimate of drug-likeness (QED) is 0.863. The maximum absolute atomic E-state index is 11.9. The Balaban J connectivity index is 2.00. The van der Waals surface area contributed by atoms with Crippen molar-refractivity contribution in [2.45, 2.75) is 6.54 Å². The number of amides is 1. The fraction of sp³-hybridized carbons (Fsp3) is 0.182. The lowest BCUT2D eigenvalue weighted by atomic mass is 10.3. The summed E-state index contributed by atoms with van der Waals surface area (Å²) in [5.74, 6) is -0.623. The van der Waals surface area contributed by atoms with Crippen LogP contribution in [-0.4, -0.2) is 28.8 Å². The van der Waals surface area contributed by atoms with Crippen molar-refractivity contribution >= 4 is 44.8 Å². The Morgan fingerprint density at radius 1 is 1.58 bits per heavy atom. The van der Waals surface area contributed by atoms with Crippen molar-refractivity contribution < 1.29 is 14.3 Å². The molecule has 2 aromatic heterocycles. The van der Waals surface area contributed by atoms with Gasteiger partial charge in [0.25, 0.3) is 5.91 Å². The van der Waals surface area contributed by atoms with E-state index in [0.717, 1.165) is 3.79 Å². The number of aromatic nitrogens is 2. The van der Waals surface area contributed by atoms with E-state index in [1.54, 1.807) is 17.6 Å². The van der Waals surface area contributed by atoms with Crippen LogP contribution in [0, 0.1) is 0 Å². The standard InChI is InChI=1S/C11H10BrN3O3S/c1-18-10(16)5-15-4-8(3-13-15)14-11(17)7-2-9(12)19-6-7/h2-4,6H,5H2,1H3,(H,14,17). The second-order valence-corrected chi connectivity index (χ2v) is 5.89. The summed E-state index contributed by atoms with van der Waals surface area (Å²) in [4.78, 5) is 22.9. The minimum absolute atomic E-state index is 0.0103. The van der Waals surface area contributed by atoms with Gasteiger partial charge < -0.3 is 10.1 Å². The van der Waals surface area contributed by atoms with Gasteiger partial charge in [-0.3, -0.25) is 14.3 Å². The molecular weight excluding hydrogens is 334 g/mol. The number of hydrogen-bond acceptors (Lipinski definition) is 5. The summed E-state index contributed by atoms with van der Waals surface area (Å²) >= 11 is 4.73. The number of hydrogen-bond donors (Lipinski definition) is 1. The highest BCUT2D eigenvalue weighted by atomic mass is 79.9. The fourth-order valence-corrected chi connectivity index (χ4v) is 2.48. The van der Waals surface area contributed by atoms with E-state index in [-0.39, 0.29) is 12.5 Å². The summed E-state index contributed by atoms with van der Waals surface area (Å²) in [5, 5.41) is 8.39. The first-order chi connectivity index (χ1) is 9.08. The minimum Gasteiger partial charge on any atom is -0.468 e. The maximum Gasteiger partial charge on any atom is 0.327 e. The molecule has 0 aliphatic carbocycles. The average molecular weight is 344 g/mol. The van der Waals surface area contributed by atoms with E-state index < -0.39 is 5.97 Å². The monoisotopic (exact) mass is 343 g/mol. The minimum atomic E-state index is -0.400. The lowest BCUT2D eigenvalue weighted by Gasteiger charge is -2.00. The Morgan fingerprint density at radius 3 is 3.00 bits per heavy atom. The highest BCUT2D eigenvalue weighted by Crippen LogP contribution is 2.21. The molecule has 0 unspecified atom stereocenters. The summed E-state index contributed by atoms with van der Waals surface area (Å²) in [5.41, 5.74) is 1.09. The van der Waals surface area contributed by atoms with Gasteiger partial charge in [0, 0.05) is 11.6 Å². The number of thiophene rings is 1. The number of ether oxygens (including phenoxy) is 1. The summed E-state index contributed by atoms with van der Waals surface area (Å²) in [6.45, 7) is 0.0103. The predicted octanol–water partition coefficient (Wildman–Crippen LogP) is 2.13. The number of anilines is 1. The topological polar surface area (TPSA) is 73.2 Å². The summed E-state index contributed by atoms with van der Waals surface area (Å²) < 4.78 is 6.81. The number of halogens is 1. The lowest BCUT2D eigenvalue weighted by Crippen LogP contribution is -2.12. The smallest absolute Gasteiger partial charge is 0.327 e. The largest absolute Gasteiger partial charge is 0.468 e. The first-order valence-corrected chi connectivity index (χ1v) is 6.90. The van der Waals surface area contributed by atoms with Crippen molar-refractivity contribution in [1.82, 2.24) is 9.78 Å². The van der Waals surface area contributed by atoms with Crippen LogP contribution in [0.1, 0.15) is 10.4 Å². The SMILES string of the molecule is COC(=O)Cn1cc(NC(=O)c2csc(Br)c2)cn1. The molecule has 100 valence electrons. The molecule has 19 heavy (non-hydrogen) atoms. The average Bonchev–Trinajstić information content (AvgIpc) is 2.98. The molecule has 8 heteroatoms. The van der Waals surface area contributed by atoms with Gasteiger partial charge in [-0.1, -0.05) is 0 Å². The third kappa shape index (κ3) is 3.65. The van der Waals surface area contributed by atoms with Crippen molar-refractivity contribution in [2.75, 3.05) is 12.4 Å². The highest BCUT2D eigenvalue weighted by molar-refractivity contribution is 9.11. The van der Waals surface area contributed by atoms with Gasteiger partial charge in [-0.05, 0) is 22.0 Å². The van der Waals surface area contributed by atoms with Gasteiger partial charge in [0.15, 0.2) is 0 Å². The number of methoxy groups -OCH3 is 1. The van der Waals surface area contributed by atoms with Crippen molar-refractivity contribution in [1.29, 1.82) is 0 Å². The van der Waals surface area contributed by atoms with E-state index in [2.05, 4.69) is 31.1 Å². The molecule has 1 N–H and O–H groups in total. The molecule has 0 spiro atoms. The molecule has 2 heterocycles. The van der Waals surface area contributed by atoms with Crippen LogP contribution in [0.25, 0.3) is 0 Å². The molecule has 0 saturated heterocycles. The molecule has 0 saturated carbocycles. The normalized spacial score (nSPS) is 10.2. The Hall–Kier alpha value is -1.67. The molecule has 0 radical (unpaired) electrons. The summed E-state index contributed by atoms with van der Waals surface area (Å²) in [6, 6.07) is 1.73. The molecule has 1 amide bonds. The van der Waals surface area contributed by atoms with Crippen LogP contribution >= 0.6 is 27.3 Å². The Bertz CT molecular complexity index is 608. The van der Waals surface area contributed by atoms with Crippen molar-refractivity contribution in [2.24, 2.45) is 0 Å². The Morgan fingerprint density at radius 2 is 2.37 bits per heavy atom. The van der Waals surface area contributed by atoms with E-state index in [0.29, 0.717) is 11.3 Å². The van der Waals surface area contributed by atoms with Gasteiger partial charge in [-0.25, -0.2) is 0 Å². The number of nitrogens with zero attached hydrogens (tertiary/aromatic N) is 2. The zero-order chi connectivity index (χ0) is 13.8. The predicted molar refractivity (Wildman–Crippen MR) is 74.2 cm³/mol. The van der Waals surface area contributed by atoms with Crippen LogP contribution in [0.2, 0.25) is 0 Å². The van der Waals surface area contributed by atoms with E-state index in [1.807, 2.05) is 0 Å². The van der Waals surface area contributed by atoms with Crippen molar-refractivity contribution in [3.05, 3.63) is 33.2 Å². The number of nitrogens with one attached hydrogen (secondary N) is 1. The van der Waals surface area contributed by atoms with Crippen molar-refractivity contribution in [3.63, 3.8) is 0 Å². The molecule has 0 aromatic carbocycles. The Labute approximate surface area is 121 Å². The molecule has 2 rings (SSSR count). The second-order valence-electron chi connectivity index (χ2n) is 3.60. The van der Waals surface area contributed by atoms with E-state index in [4.69, 9.17) is 0 Å². The van der Waals surface area contributed by atoms with Crippen LogP contribution < -0.4 is 5.32 Å². The first-order valence-electron chi connectivity index (χ1n) is 5.23. The highest BCUT2D eigenvalue weighted by Gasteiger charge is 2.10. The molecule has 0 atom stereocenters. The van der Waals surface area contributed by atoms with E-state index in [9.17, 15) is 9.59 Å². The molecule has 0 aliphatic heterocycles. The van der Waals surface area contributed by atoms with Crippen LogP contribution in [0.3, 0.4) is 0 Å². The molecule has 0 fully saturated rings. The Kier molecular flexibility index (Phi) is 4.33. The van der Waals surface area contributed by atoms with Crippen LogP contribution in [0.15, 0.2) is 27.6 Å². The number of rotatable bonds is 4. The molecule has 6 nitrogen and oxygen atoms in total. The van der Waals surface area contributed by atoms with Crippen LogP contribution in [-0.2, 0) is 16.1 Å². The van der Waals surface area contributed by atoms with Gasteiger partial charge >= 0.3 is 5.97 Å². The van der Waals surface area contributed by atoms with Gasteiger partial charge in [0.1, 0.15) is 6.54 Å². The van der Waals surface area contributed by atoms with Gasteiger partial charge in [-0.2, -0.15) is 5.10 Å². The van der Waals surface area contributed by atoms with Gasteiger partial charge in [0.05, 0.1) is 28.3 Å². The fourth-order valence-electron chi connectivity index (χ4n) is 1.34. The molecular formula is C11H10BrN3O3S. The van der Waals surface area contributed by atoms with Crippen LogP contribution in [0.5, 0.6) is 0 Å². The first kappa shape index (κ1) is 13.8. The van der Waals surface area contributed by atoms with E-state index in [1.165, 1.54) is 29.3 Å². The summed E-state index contributed by atoms with van der Waals surface area (Å²) in [7, 11) is 1.31. The third-order valence-electron chi connectivity index (χ3n) is 2.24. The number of carbonyl (C=O) groups excluding carboxylic acids is 2. The zero-order valence-electron chi connectivity index (χ0n) is 9.92. The maximum atomic E-state index is 11.9. The molecule has 2 aromatic rings. The van der Waals surface area contributed by atoms with E-state index >= 15 is 0 Å². The molecule has 0 bridgehead atoms. The van der Waals surface area contributed by atoms with Gasteiger partial charge in [0.2, 0.25) is 0 Å². The summed E-state index contributed by atoms with van der Waals surface area (Å²) in [6.07, 6.45) is 3.04. The number of carbonyl (C=O) groups is 2.